The van der Waals surface area contributed by atoms with Gasteiger partial charge in [-0.25, -0.2) is 0 Å². The molecule has 0 rings (SSSR count). The van der Waals surface area contributed by atoms with Crippen molar-refractivity contribution in [1.82, 2.24) is 5.32 Å². The molecule has 0 aromatic rings. The van der Waals surface area contributed by atoms with Gasteiger partial charge in [-0.05, 0) is 7.05 Å². The van der Waals surface area contributed by atoms with Gasteiger partial charge in [0.1, 0.15) is 0 Å². The zero-order chi connectivity index (χ0) is 10.4. The number of likely N-dealkylation sites (N-methyl/N-ethyl adjacent to an activating group) is 1. The molecule has 0 spiro atoms. The minimum atomic E-state index is -0.822. The molecule has 0 bridgehead atoms. The number of hydrogen-bond donors (Lipinski definition) is 2. The van der Waals surface area contributed by atoms with Crippen LogP contribution in [0.3, 0.4) is 0 Å². The molecule has 0 aromatic carbocycles. The molecular formula is C7H17NO4. The molecule has 5 nitrogen and oxygen atoms in total. The Morgan fingerprint density at radius 2 is 1.92 bits per heavy atom. The molecular weight excluding hydrogens is 162 g/mol. The van der Waals surface area contributed by atoms with E-state index in [2.05, 4.69) is 10.1 Å². The van der Waals surface area contributed by atoms with Crippen LogP contribution in [0.25, 0.3) is 0 Å². The summed E-state index contributed by atoms with van der Waals surface area (Å²) in [6, 6.07) is 0. The first-order chi connectivity index (χ1) is 5.68. The Morgan fingerprint density at radius 1 is 1.58 bits per heavy atom. The molecule has 74 valence electrons. The lowest BCUT2D eigenvalue weighted by Gasteiger charge is -1.84. The maximum atomic E-state index is 9.54. The maximum absolute atomic E-state index is 9.54. The van der Waals surface area contributed by atoms with Crippen molar-refractivity contribution < 1.29 is 19.4 Å². The van der Waals surface area contributed by atoms with E-state index in [4.69, 9.17) is 9.90 Å². The van der Waals surface area contributed by atoms with E-state index in [0.717, 1.165) is 0 Å². The summed E-state index contributed by atoms with van der Waals surface area (Å²) in [5.41, 5.74) is 0. The van der Waals surface area contributed by atoms with E-state index < -0.39 is 5.97 Å². The van der Waals surface area contributed by atoms with Gasteiger partial charge in [0.15, 0.2) is 0 Å². The highest BCUT2D eigenvalue weighted by atomic mass is 16.5. The number of carboxylic acid groups (broad SMARTS) is 1. The normalized spacial score (nSPS) is 6.33. The van der Waals surface area contributed by atoms with Crippen LogP contribution in [0.5, 0.6) is 0 Å². The van der Waals surface area contributed by atoms with Gasteiger partial charge in [0.05, 0.1) is 13.7 Å². The lowest BCUT2D eigenvalue weighted by Crippen LogP contribution is -2.16. The third-order valence-electron chi connectivity index (χ3n) is 0.424. The van der Waals surface area contributed by atoms with E-state index in [-0.39, 0.29) is 6.54 Å². The van der Waals surface area contributed by atoms with Crippen molar-refractivity contribution in [2.45, 2.75) is 13.8 Å². The van der Waals surface area contributed by atoms with Gasteiger partial charge in [0, 0.05) is 0 Å². The zero-order valence-corrected chi connectivity index (χ0v) is 7.96. The predicted octanol–water partition coefficient (Wildman–Crippen LogP) is 0.106. The monoisotopic (exact) mass is 179 g/mol. The molecule has 0 aliphatic heterocycles. The van der Waals surface area contributed by atoms with Gasteiger partial charge < -0.3 is 15.2 Å². The van der Waals surface area contributed by atoms with Crippen LogP contribution in [0.2, 0.25) is 0 Å². The van der Waals surface area contributed by atoms with Crippen LogP contribution >= 0.6 is 0 Å². The lowest BCUT2D eigenvalue weighted by atomic mass is 10.7. The number of ether oxygens (including phenoxy) is 1. The SMILES string of the molecule is CC.CNCC(=O)O.COC=O. The highest BCUT2D eigenvalue weighted by molar-refractivity contribution is 5.68. The van der Waals surface area contributed by atoms with E-state index in [0.29, 0.717) is 6.47 Å². The Morgan fingerprint density at radius 3 is 1.92 bits per heavy atom. The van der Waals surface area contributed by atoms with Crippen LogP contribution in [0.15, 0.2) is 0 Å². The maximum Gasteiger partial charge on any atom is 0.317 e. The van der Waals surface area contributed by atoms with Crippen molar-refractivity contribution in [2.24, 2.45) is 0 Å². The van der Waals surface area contributed by atoms with Gasteiger partial charge in [-0.2, -0.15) is 0 Å². The van der Waals surface area contributed by atoms with Crippen LogP contribution in [0.4, 0.5) is 0 Å². The molecule has 2 N–H and O–H groups in total. The minimum absolute atomic E-state index is 0.0417. The van der Waals surface area contributed by atoms with E-state index >= 15 is 0 Å². The summed E-state index contributed by atoms with van der Waals surface area (Å²) in [6.07, 6.45) is 0. The lowest BCUT2D eigenvalue weighted by molar-refractivity contribution is -0.135. The molecule has 5 heteroatoms. The average molecular weight is 179 g/mol. The number of methoxy groups -OCH3 is 1. The largest absolute Gasteiger partial charge is 0.480 e. The molecule has 0 saturated carbocycles. The smallest absolute Gasteiger partial charge is 0.317 e. The van der Waals surface area contributed by atoms with Gasteiger partial charge in [-0.15, -0.1) is 0 Å². The highest BCUT2D eigenvalue weighted by Gasteiger charge is 1.86. The van der Waals surface area contributed by atoms with Crippen molar-refractivity contribution in [2.75, 3.05) is 20.7 Å². The number of carbonyl (C=O) groups excluding carboxylic acids is 1. The second-order valence-electron chi connectivity index (χ2n) is 1.26. The van der Waals surface area contributed by atoms with E-state index in [1.807, 2.05) is 13.8 Å². The van der Waals surface area contributed by atoms with E-state index in [1.54, 1.807) is 7.05 Å². The van der Waals surface area contributed by atoms with Crippen LogP contribution in [-0.2, 0) is 14.3 Å². The molecule has 0 unspecified atom stereocenters. The molecule has 0 aliphatic rings. The Bertz CT molecular complexity index is 95.4. The van der Waals surface area contributed by atoms with Crippen molar-refractivity contribution in [3.8, 4) is 0 Å². The van der Waals surface area contributed by atoms with Gasteiger partial charge in [0.25, 0.3) is 6.47 Å². The Kier molecular flexibility index (Phi) is 32.1. The summed E-state index contributed by atoms with van der Waals surface area (Å²) in [5.74, 6) is -0.822. The van der Waals surface area contributed by atoms with Crippen LogP contribution in [0.1, 0.15) is 13.8 Å². The van der Waals surface area contributed by atoms with Crippen molar-refractivity contribution in [3.05, 3.63) is 0 Å². The van der Waals surface area contributed by atoms with E-state index in [9.17, 15) is 4.79 Å². The van der Waals surface area contributed by atoms with Crippen molar-refractivity contribution in [1.29, 1.82) is 0 Å². The molecule has 0 fully saturated rings. The van der Waals surface area contributed by atoms with Crippen LogP contribution < -0.4 is 5.32 Å². The summed E-state index contributed by atoms with van der Waals surface area (Å²) in [5, 5.41) is 10.3. The quantitative estimate of drug-likeness (QED) is 0.601. The number of rotatable bonds is 3. The second-order valence-corrected chi connectivity index (χ2v) is 1.26. The minimum Gasteiger partial charge on any atom is -0.480 e. The van der Waals surface area contributed by atoms with Gasteiger partial charge in [-0.1, -0.05) is 13.8 Å². The fourth-order valence-electron chi connectivity index (χ4n) is 0.151. The van der Waals surface area contributed by atoms with Gasteiger partial charge in [-0.3, -0.25) is 9.59 Å². The zero-order valence-electron chi connectivity index (χ0n) is 7.96. The molecule has 0 atom stereocenters. The fraction of sp³-hybridized carbons (Fsp3) is 0.714. The molecule has 0 radical (unpaired) electrons. The Hall–Kier alpha value is -1.10. The predicted molar refractivity (Wildman–Crippen MR) is 46.0 cm³/mol. The van der Waals surface area contributed by atoms with Gasteiger partial charge in [0.2, 0.25) is 0 Å². The Labute approximate surface area is 72.7 Å². The molecule has 0 heterocycles. The molecule has 0 amide bonds. The van der Waals surface area contributed by atoms with Crippen LogP contribution in [0, 0.1) is 0 Å². The number of nitrogens with one attached hydrogen (secondary N) is 1. The number of aliphatic carboxylic acids is 1. The number of hydrogen-bond acceptors (Lipinski definition) is 4. The second kappa shape index (κ2) is 22.5. The summed E-state index contributed by atoms with van der Waals surface area (Å²) in [7, 11) is 2.90. The topological polar surface area (TPSA) is 75.6 Å². The summed E-state index contributed by atoms with van der Waals surface area (Å²) >= 11 is 0. The van der Waals surface area contributed by atoms with E-state index in [1.165, 1.54) is 7.11 Å². The molecule has 12 heavy (non-hydrogen) atoms. The first-order valence-corrected chi connectivity index (χ1v) is 3.51. The molecule has 0 saturated heterocycles. The molecule has 0 aliphatic carbocycles. The first kappa shape index (κ1) is 17.1. The first-order valence-electron chi connectivity index (χ1n) is 3.51. The molecule has 0 aromatic heterocycles. The van der Waals surface area contributed by atoms with Gasteiger partial charge >= 0.3 is 5.97 Å². The van der Waals surface area contributed by atoms with Crippen molar-refractivity contribution in [3.63, 3.8) is 0 Å². The average Bonchev–Trinajstić information content (AvgIpc) is 2.08. The fourth-order valence-corrected chi connectivity index (χ4v) is 0.151. The van der Waals surface area contributed by atoms with Crippen LogP contribution in [-0.4, -0.2) is 38.3 Å². The number of carboxylic acids is 1. The number of carbonyl (C=O) groups is 2. The third-order valence-corrected chi connectivity index (χ3v) is 0.424. The summed E-state index contributed by atoms with van der Waals surface area (Å²) in [4.78, 5) is 18.5. The standard InChI is InChI=1S/C3H7NO2.C2H4O2.C2H6/c1-4-2-3(5)6;1-4-2-3;1-2/h4H,2H2,1H3,(H,5,6);2H,1H3;1-2H3. The summed E-state index contributed by atoms with van der Waals surface area (Å²) in [6.45, 7) is 4.42. The summed E-state index contributed by atoms with van der Waals surface area (Å²) < 4.78 is 3.86. The third kappa shape index (κ3) is 66.0. The van der Waals surface area contributed by atoms with Crippen molar-refractivity contribution >= 4 is 12.4 Å². The highest BCUT2D eigenvalue weighted by Crippen LogP contribution is 1.50. The Balaban J connectivity index is -0.000000118.